The van der Waals surface area contributed by atoms with E-state index >= 15 is 0 Å². The van der Waals surface area contributed by atoms with Crippen molar-refractivity contribution in [2.75, 3.05) is 13.7 Å². The number of para-hydroxylation sites is 1. The summed E-state index contributed by atoms with van der Waals surface area (Å²) >= 11 is 0. The van der Waals surface area contributed by atoms with Crippen molar-refractivity contribution in [2.45, 2.75) is 12.8 Å². The van der Waals surface area contributed by atoms with Crippen LogP contribution in [-0.2, 0) is 17.6 Å². The maximum absolute atomic E-state index is 5.25. The molecule has 0 saturated carbocycles. The fraction of sp³-hybridized carbons (Fsp3) is 0.286. The number of methoxy groups -OCH3 is 1. The molecule has 2 heterocycles. The van der Waals surface area contributed by atoms with E-state index in [2.05, 4.69) is 27.3 Å². The van der Waals surface area contributed by atoms with Gasteiger partial charge in [0.25, 0.3) is 0 Å². The number of nitrogens with one attached hydrogen (secondary N) is 1. The molecule has 0 saturated heterocycles. The maximum atomic E-state index is 5.25. The summed E-state index contributed by atoms with van der Waals surface area (Å²) in [4.78, 5) is 7.60. The topological polar surface area (TPSA) is 63.9 Å². The smallest absolute Gasteiger partial charge is 0.231 e. The second-order valence-electron chi connectivity index (χ2n) is 4.38. The Labute approximate surface area is 110 Å². The molecule has 0 unspecified atom stereocenters. The summed E-state index contributed by atoms with van der Waals surface area (Å²) in [6, 6.07) is 8.18. The average Bonchev–Trinajstić information content (AvgIpc) is 3.05. The highest BCUT2D eigenvalue weighted by atomic mass is 16.5. The quantitative estimate of drug-likeness (QED) is 0.762. The lowest BCUT2D eigenvalue weighted by atomic mass is 10.1. The van der Waals surface area contributed by atoms with E-state index in [4.69, 9.17) is 9.26 Å². The van der Waals surface area contributed by atoms with Crippen LogP contribution in [0.4, 0.5) is 0 Å². The number of benzene rings is 1. The molecule has 0 amide bonds. The Morgan fingerprint density at radius 1 is 1.32 bits per heavy atom. The average molecular weight is 257 g/mol. The number of hydrogen-bond acceptors (Lipinski definition) is 4. The van der Waals surface area contributed by atoms with Gasteiger partial charge in [-0.1, -0.05) is 23.4 Å². The SMILES string of the molecule is COCCc1noc(Cc2c[nH]c3ccccc23)n1. The highest BCUT2D eigenvalue weighted by Crippen LogP contribution is 2.20. The van der Waals surface area contributed by atoms with Crippen molar-refractivity contribution in [2.24, 2.45) is 0 Å². The van der Waals surface area contributed by atoms with Gasteiger partial charge in [-0.05, 0) is 11.6 Å². The Kier molecular flexibility index (Phi) is 3.29. The van der Waals surface area contributed by atoms with E-state index in [9.17, 15) is 0 Å². The standard InChI is InChI=1S/C14H15N3O2/c1-18-7-6-13-16-14(19-17-13)8-10-9-15-12-5-3-2-4-11(10)12/h2-5,9,15H,6-8H2,1H3. The van der Waals surface area contributed by atoms with Gasteiger partial charge in [0, 0.05) is 30.6 Å². The molecule has 0 spiro atoms. The molecule has 0 fully saturated rings. The van der Waals surface area contributed by atoms with Crippen LogP contribution in [0.2, 0.25) is 0 Å². The van der Waals surface area contributed by atoms with Crippen LogP contribution in [0.5, 0.6) is 0 Å². The molecule has 3 aromatic rings. The molecule has 5 heteroatoms. The van der Waals surface area contributed by atoms with E-state index < -0.39 is 0 Å². The first kappa shape index (κ1) is 11.9. The van der Waals surface area contributed by atoms with Crippen LogP contribution in [0, 0.1) is 0 Å². The lowest BCUT2D eigenvalue weighted by molar-refractivity contribution is 0.199. The molecule has 0 aliphatic carbocycles. The number of aromatic nitrogens is 3. The normalized spacial score (nSPS) is 11.2. The fourth-order valence-electron chi connectivity index (χ4n) is 2.10. The van der Waals surface area contributed by atoms with E-state index in [0.29, 0.717) is 31.2 Å². The summed E-state index contributed by atoms with van der Waals surface area (Å²) < 4.78 is 10.2. The molecule has 98 valence electrons. The van der Waals surface area contributed by atoms with Gasteiger partial charge in [-0.2, -0.15) is 4.98 Å². The zero-order valence-corrected chi connectivity index (χ0v) is 10.7. The van der Waals surface area contributed by atoms with E-state index in [-0.39, 0.29) is 0 Å². The molecule has 0 bridgehead atoms. The van der Waals surface area contributed by atoms with Crippen LogP contribution in [0.15, 0.2) is 35.0 Å². The molecule has 1 aromatic carbocycles. The summed E-state index contributed by atoms with van der Waals surface area (Å²) in [5.41, 5.74) is 2.29. The van der Waals surface area contributed by atoms with Gasteiger partial charge >= 0.3 is 0 Å². The van der Waals surface area contributed by atoms with Gasteiger partial charge in [0.1, 0.15) is 0 Å². The summed E-state index contributed by atoms with van der Waals surface area (Å²) in [5.74, 6) is 1.33. The van der Waals surface area contributed by atoms with Crippen molar-refractivity contribution in [3.8, 4) is 0 Å². The van der Waals surface area contributed by atoms with Crippen molar-refractivity contribution in [3.63, 3.8) is 0 Å². The molecule has 1 N–H and O–H groups in total. The van der Waals surface area contributed by atoms with Gasteiger partial charge in [0.2, 0.25) is 5.89 Å². The summed E-state index contributed by atoms with van der Waals surface area (Å²) in [5, 5.41) is 5.13. The lowest BCUT2D eigenvalue weighted by Gasteiger charge is -1.94. The minimum absolute atomic E-state index is 0.603. The first-order chi connectivity index (χ1) is 9.36. The molecule has 5 nitrogen and oxygen atoms in total. The van der Waals surface area contributed by atoms with Crippen LogP contribution in [0.25, 0.3) is 10.9 Å². The Balaban J connectivity index is 1.79. The molecule has 3 rings (SSSR count). The first-order valence-corrected chi connectivity index (χ1v) is 6.22. The molecule has 0 aliphatic heterocycles. The minimum atomic E-state index is 0.603. The zero-order chi connectivity index (χ0) is 13.1. The van der Waals surface area contributed by atoms with Crippen molar-refractivity contribution in [1.82, 2.24) is 15.1 Å². The maximum Gasteiger partial charge on any atom is 0.231 e. The molecular formula is C14H15N3O2. The van der Waals surface area contributed by atoms with Gasteiger partial charge in [-0.25, -0.2) is 0 Å². The molecule has 0 atom stereocenters. The van der Waals surface area contributed by atoms with Crippen molar-refractivity contribution in [3.05, 3.63) is 47.7 Å². The van der Waals surface area contributed by atoms with E-state index in [0.717, 1.165) is 11.1 Å². The van der Waals surface area contributed by atoms with Gasteiger partial charge in [-0.3, -0.25) is 0 Å². The van der Waals surface area contributed by atoms with Crippen molar-refractivity contribution < 1.29 is 9.26 Å². The molecule has 0 aliphatic rings. The highest BCUT2D eigenvalue weighted by molar-refractivity contribution is 5.83. The van der Waals surface area contributed by atoms with Crippen LogP contribution < -0.4 is 0 Å². The number of aromatic amines is 1. The fourth-order valence-corrected chi connectivity index (χ4v) is 2.10. The van der Waals surface area contributed by atoms with Gasteiger partial charge in [0.15, 0.2) is 5.82 Å². The number of rotatable bonds is 5. The Morgan fingerprint density at radius 2 is 2.21 bits per heavy atom. The number of nitrogens with zero attached hydrogens (tertiary/aromatic N) is 2. The Hall–Kier alpha value is -2.14. The van der Waals surface area contributed by atoms with Gasteiger partial charge < -0.3 is 14.2 Å². The first-order valence-electron chi connectivity index (χ1n) is 6.22. The molecular weight excluding hydrogens is 242 g/mol. The Morgan fingerprint density at radius 3 is 3.11 bits per heavy atom. The monoisotopic (exact) mass is 257 g/mol. The third-order valence-electron chi connectivity index (χ3n) is 3.06. The highest BCUT2D eigenvalue weighted by Gasteiger charge is 2.10. The zero-order valence-electron chi connectivity index (χ0n) is 10.7. The van der Waals surface area contributed by atoms with Crippen LogP contribution in [0.3, 0.4) is 0 Å². The predicted molar refractivity (Wildman–Crippen MR) is 71.0 cm³/mol. The second-order valence-corrected chi connectivity index (χ2v) is 4.38. The number of hydrogen-bond donors (Lipinski definition) is 1. The summed E-state index contributed by atoms with van der Waals surface area (Å²) in [6.07, 6.45) is 3.31. The van der Waals surface area contributed by atoms with Crippen molar-refractivity contribution >= 4 is 10.9 Å². The Bertz CT molecular complexity index is 672. The third kappa shape index (κ3) is 2.51. The number of H-pyrrole nitrogens is 1. The second kappa shape index (κ2) is 5.24. The van der Waals surface area contributed by atoms with Gasteiger partial charge in [0.05, 0.1) is 13.0 Å². The summed E-state index contributed by atoms with van der Waals surface area (Å²) in [6.45, 7) is 0.603. The summed E-state index contributed by atoms with van der Waals surface area (Å²) in [7, 11) is 1.66. The van der Waals surface area contributed by atoms with Crippen LogP contribution in [0.1, 0.15) is 17.3 Å². The van der Waals surface area contributed by atoms with E-state index in [1.165, 1.54) is 5.39 Å². The van der Waals surface area contributed by atoms with Gasteiger partial charge in [-0.15, -0.1) is 0 Å². The van der Waals surface area contributed by atoms with Crippen LogP contribution in [-0.4, -0.2) is 28.8 Å². The lowest BCUT2D eigenvalue weighted by Crippen LogP contribution is -1.96. The van der Waals surface area contributed by atoms with E-state index in [1.54, 1.807) is 7.11 Å². The molecule has 19 heavy (non-hydrogen) atoms. The third-order valence-corrected chi connectivity index (χ3v) is 3.06. The van der Waals surface area contributed by atoms with Crippen LogP contribution >= 0.6 is 0 Å². The molecule has 2 aromatic heterocycles. The minimum Gasteiger partial charge on any atom is -0.384 e. The predicted octanol–water partition coefficient (Wildman–Crippen LogP) is 2.33. The number of ether oxygens (including phenoxy) is 1. The number of fused-ring (bicyclic) bond motifs is 1. The largest absolute Gasteiger partial charge is 0.384 e. The van der Waals surface area contributed by atoms with E-state index in [1.807, 2.05) is 18.3 Å². The van der Waals surface area contributed by atoms with Crippen molar-refractivity contribution in [1.29, 1.82) is 0 Å². The molecule has 0 radical (unpaired) electrons.